The van der Waals surface area contributed by atoms with E-state index in [1.54, 1.807) is 18.2 Å². The summed E-state index contributed by atoms with van der Waals surface area (Å²) in [5.41, 5.74) is 4.06. The van der Waals surface area contributed by atoms with Crippen LogP contribution in [0.1, 0.15) is 61.0 Å². The van der Waals surface area contributed by atoms with E-state index in [0.29, 0.717) is 17.2 Å². The SMILES string of the molecule is Cc1cccc(C)c1-c1cc2nc(n1)NS(=O)(=O)c1cccc(c1)C(=O)N(C1CC3(CCNC3)C1)[C@H](CC(C)C)CO2.Cl. The molecule has 0 unspecified atom stereocenters. The number of aryl methyl sites for hydroxylation is 2. The van der Waals surface area contributed by atoms with Gasteiger partial charge in [-0.3, -0.25) is 4.79 Å². The highest BCUT2D eigenvalue weighted by atomic mass is 35.5. The second kappa shape index (κ2) is 12.1. The summed E-state index contributed by atoms with van der Waals surface area (Å²) in [5, 5.41) is 3.48. The van der Waals surface area contributed by atoms with Crippen LogP contribution in [-0.2, 0) is 10.0 Å². The zero-order valence-electron chi connectivity index (χ0n) is 25.1. The van der Waals surface area contributed by atoms with E-state index in [1.165, 1.54) is 12.1 Å². The maximum Gasteiger partial charge on any atom is 0.264 e. The summed E-state index contributed by atoms with van der Waals surface area (Å²) in [6.07, 6.45) is 3.70. The van der Waals surface area contributed by atoms with Crippen molar-refractivity contribution in [3.63, 3.8) is 0 Å². The van der Waals surface area contributed by atoms with Crippen LogP contribution in [0, 0.1) is 25.2 Å². The number of halogens is 1. The highest BCUT2D eigenvalue weighted by Gasteiger charge is 2.50. The Labute approximate surface area is 260 Å². The van der Waals surface area contributed by atoms with Crippen LogP contribution >= 0.6 is 12.4 Å². The molecule has 1 saturated heterocycles. The van der Waals surface area contributed by atoms with Crippen LogP contribution in [0.25, 0.3) is 11.3 Å². The van der Waals surface area contributed by atoms with E-state index in [9.17, 15) is 13.2 Å². The summed E-state index contributed by atoms with van der Waals surface area (Å²) < 4.78 is 36.0. The fourth-order valence-corrected chi connectivity index (χ4v) is 7.90. The Bertz CT molecular complexity index is 1600. The minimum Gasteiger partial charge on any atom is -0.475 e. The number of fused-ring (bicyclic) bond motifs is 4. The molecule has 1 aromatic heterocycles. The number of aromatic nitrogens is 2. The van der Waals surface area contributed by atoms with Crippen molar-refractivity contribution >= 4 is 34.3 Å². The lowest BCUT2D eigenvalue weighted by Crippen LogP contribution is -2.58. The number of amides is 1. The molecule has 6 rings (SSSR count). The lowest BCUT2D eigenvalue weighted by atomic mass is 9.64. The molecule has 230 valence electrons. The molecule has 1 saturated carbocycles. The van der Waals surface area contributed by atoms with Crippen LogP contribution in [0.2, 0.25) is 0 Å². The predicted molar refractivity (Wildman–Crippen MR) is 169 cm³/mol. The van der Waals surface area contributed by atoms with Gasteiger partial charge in [-0.05, 0) is 86.7 Å². The molecule has 3 aliphatic rings. The van der Waals surface area contributed by atoms with Gasteiger partial charge in [-0.15, -0.1) is 12.4 Å². The van der Waals surface area contributed by atoms with Crippen LogP contribution < -0.4 is 14.8 Å². The number of benzene rings is 2. The largest absolute Gasteiger partial charge is 0.475 e. The van der Waals surface area contributed by atoms with E-state index in [1.807, 2.05) is 36.9 Å². The highest BCUT2D eigenvalue weighted by molar-refractivity contribution is 7.92. The quantitative estimate of drug-likeness (QED) is 0.400. The molecule has 0 radical (unpaired) electrons. The van der Waals surface area contributed by atoms with Crippen molar-refractivity contribution in [1.82, 2.24) is 20.2 Å². The Morgan fingerprint density at radius 3 is 2.47 bits per heavy atom. The molecule has 1 amide bonds. The Kier molecular flexibility index (Phi) is 8.75. The summed E-state index contributed by atoms with van der Waals surface area (Å²) in [4.78, 5) is 25.3. The first-order valence-electron chi connectivity index (χ1n) is 14.8. The molecular formula is C32H40ClN5O4S. The monoisotopic (exact) mass is 625 g/mol. The van der Waals surface area contributed by atoms with Crippen LogP contribution in [0.5, 0.6) is 5.88 Å². The fraction of sp³-hybridized carbons (Fsp3) is 0.469. The third-order valence-corrected chi connectivity index (χ3v) is 10.2. The number of hydrogen-bond acceptors (Lipinski definition) is 7. The van der Waals surface area contributed by atoms with E-state index in [4.69, 9.17) is 4.74 Å². The molecule has 3 aromatic rings. The van der Waals surface area contributed by atoms with Crippen molar-refractivity contribution in [2.24, 2.45) is 11.3 Å². The Balaban J connectivity index is 0.00000368. The number of nitrogens with one attached hydrogen (secondary N) is 2. The number of anilines is 1. The molecule has 43 heavy (non-hydrogen) atoms. The number of sulfonamides is 1. The van der Waals surface area contributed by atoms with Crippen molar-refractivity contribution < 1.29 is 17.9 Å². The summed E-state index contributed by atoms with van der Waals surface area (Å²) in [5.74, 6) is 0.331. The molecule has 9 nitrogen and oxygen atoms in total. The van der Waals surface area contributed by atoms with E-state index < -0.39 is 10.0 Å². The third kappa shape index (κ3) is 6.23. The van der Waals surface area contributed by atoms with Crippen molar-refractivity contribution in [3.8, 4) is 17.1 Å². The van der Waals surface area contributed by atoms with E-state index in [-0.39, 0.29) is 59.1 Å². The average Bonchev–Trinajstić information content (AvgIpc) is 3.41. The first-order valence-corrected chi connectivity index (χ1v) is 16.3. The van der Waals surface area contributed by atoms with Gasteiger partial charge >= 0.3 is 0 Å². The maximum atomic E-state index is 14.3. The van der Waals surface area contributed by atoms with Crippen LogP contribution in [0.15, 0.2) is 53.4 Å². The zero-order valence-corrected chi connectivity index (χ0v) is 26.7. The van der Waals surface area contributed by atoms with Gasteiger partial charge in [0, 0.05) is 29.8 Å². The van der Waals surface area contributed by atoms with Crippen LogP contribution in [0.4, 0.5) is 5.95 Å². The van der Waals surface area contributed by atoms with Gasteiger partial charge in [0.15, 0.2) is 0 Å². The van der Waals surface area contributed by atoms with Gasteiger partial charge < -0.3 is 15.0 Å². The molecule has 1 aliphatic carbocycles. The molecule has 11 heteroatoms. The lowest BCUT2D eigenvalue weighted by molar-refractivity contribution is -0.0150. The van der Waals surface area contributed by atoms with Gasteiger partial charge in [-0.1, -0.05) is 38.1 Å². The topological polar surface area (TPSA) is 114 Å². The number of nitrogens with zero attached hydrogens (tertiary/aromatic N) is 3. The normalized spacial score (nSPS) is 24.6. The molecule has 1 atom stereocenters. The Morgan fingerprint density at radius 1 is 1.07 bits per heavy atom. The van der Waals surface area contributed by atoms with Gasteiger partial charge in [0.2, 0.25) is 11.8 Å². The van der Waals surface area contributed by atoms with Gasteiger partial charge in [-0.25, -0.2) is 18.1 Å². The van der Waals surface area contributed by atoms with Crippen molar-refractivity contribution in [2.45, 2.75) is 70.4 Å². The summed E-state index contributed by atoms with van der Waals surface area (Å²) in [7, 11) is -4.09. The second-order valence-electron chi connectivity index (χ2n) is 12.6. The number of ether oxygens (including phenoxy) is 1. The standard InChI is InChI=1S/C32H39N5O4S.ClH/c1-20(2)13-24-18-41-28-15-27(29-21(3)7-5-8-22(29)4)34-31(35-28)36-42(39,40)26-10-6-9-23(14-26)30(38)37(24)25-16-32(17-25)11-12-33-19-32;/h5-10,14-15,20,24-25,33H,11-13,16-19H2,1-4H3,(H,34,35,36);1H/t24-,25?,32?;/m1./s1. The first-order chi connectivity index (χ1) is 20.0. The zero-order chi connectivity index (χ0) is 29.6. The number of carbonyl (C=O) groups excluding carboxylic acids is 1. The van der Waals surface area contributed by atoms with Gasteiger partial charge in [0.05, 0.1) is 16.6 Å². The fourth-order valence-electron chi connectivity index (χ4n) is 6.91. The van der Waals surface area contributed by atoms with Crippen molar-refractivity contribution in [3.05, 3.63) is 65.2 Å². The summed E-state index contributed by atoms with van der Waals surface area (Å²) in [6.45, 7) is 10.5. The maximum absolute atomic E-state index is 14.3. The molecule has 2 fully saturated rings. The molecule has 3 heterocycles. The number of rotatable bonds is 4. The Morgan fingerprint density at radius 2 is 1.79 bits per heavy atom. The van der Waals surface area contributed by atoms with Crippen LogP contribution in [0.3, 0.4) is 0 Å². The number of carbonyl (C=O) groups is 1. The first kappa shape index (κ1) is 31.2. The minimum atomic E-state index is -4.09. The molecule has 1 spiro atoms. The van der Waals surface area contributed by atoms with Gasteiger partial charge in [0.1, 0.15) is 6.61 Å². The molecule has 4 bridgehead atoms. The summed E-state index contributed by atoms with van der Waals surface area (Å²) in [6, 6.07) is 13.8. The second-order valence-corrected chi connectivity index (χ2v) is 14.3. The average molecular weight is 626 g/mol. The molecular weight excluding hydrogens is 586 g/mol. The van der Waals surface area contributed by atoms with Crippen molar-refractivity contribution in [2.75, 3.05) is 24.4 Å². The molecule has 2 aromatic carbocycles. The molecule has 2 N–H and O–H groups in total. The van der Waals surface area contributed by atoms with E-state index in [2.05, 4.69) is 33.9 Å². The summed E-state index contributed by atoms with van der Waals surface area (Å²) >= 11 is 0. The van der Waals surface area contributed by atoms with Gasteiger partial charge in [0.25, 0.3) is 15.9 Å². The smallest absolute Gasteiger partial charge is 0.264 e. The van der Waals surface area contributed by atoms with Gasteiger partial charge in [-0.2, -0.15) is 4.98 Å². The number of hydrogen-bond donors (Lipinski definition) is 2. The lowest BCUT2D eigenvalue weighted by Gasteiger charge is -2.52. The van der Waals surface area contributed by atoms with E-state index >= 15 is 0 Å². The predicted octanol–water partition coefficient (Wildman–Crippen LogP) is 5.37. The van der Waals surface area contributed by atoms with Crippen molar-refractivity contribution in [1.29, 1.82) is 0 Å². The van der Waals surface area contributed by atoms with Crippen LogP contribution in [-0.4, -0.2) is 61.0 Å². The highest BCUT2D eigenvalue weighted by Crippen LogP contribution is 2.49. The Hall–Kier alpha value is -3.21. The van der Waals surface area contributed by atoms with E-state index in [0.717, 1.165) is 55.5 Å². The minimum absolute atomic E-state index is 0. The third-order valence-electron chi connectivity index (χ3n) is 8.91. The molecule has 2 aliphatic heterocycles.